The Morgan fingerprint density at radius 1 is 0.761 bits per heavy atom. The normalized spacial score (nSPS) is 21.5. The Bertz CT molecular complexity index is 1450. The quantitative estimate of drug-likeness (QED) is 0.206. The minimum Gasteiger partial charge on any atom is -0.494 e. The molecule has 3 aliphatic rings. The zero-order valence-corrected chi connectivity index (χ0v) is 26.5. The molecule has 0 aliphatic heterocycles. The van der Waals surface area contributed by atoms with Crippen LogP contribution in [0.15, 0.2) is 78.9 Å². The second-order valence-corrected chi connectivity index (χ2v) is 13.0. The maximum atomic E-state index is 13.9. The fourth-order valence-electron chi connectivity index (χ4n) is 6.81. The highest BCUT2D eigenvalue weighted by Crippen LogP contribution is 2.56. The molecule has 0 aromatic heterocycles. The van der Waals surface area contributed by atoms with Crippen LogP contribution in [0, 0.1) is 16.6 Å². The van der Waals surface area contributed by atoms with E-state index < -0.39 is 23.9 Å². The van der Waals surface area contributed by atoms with Crippen molar-refractivity contribution in [1.82, 2.24) is 16.0 Å². The van der Waals surface area contributed by atoms with Crippen LogP contribution in [-0.4, -0.2) is 49.5 Å². The Labute approximate surface area is 270 Å². The minimum atomic E-state index is -0.964. The lowest BCUT2D eigenvalue weighted by molar-refractivity contribution is -0.130. The number of rotatable bonds is 14. The Balaban J connectivity index is 1.33. The summed E-state index contributed by atoms with van der Waals surface area (Å²) in [6.45, 7) is 3.68. The first-order valence-electron chi connectivity index (χ1n) is 16.3. The average molecular weight is 629 g/mol. The molecule has 3 aliphatic carbocycles. The molecule has 46 heavy (non-hydrogen) atoms. The number of nitrogens with two attached hydrogens (primary N) is 1. The van der Waals surface area contributed by atoms with Crippen molar-refractivity contribution in [2.45, 2.75) is 70.4 Å². The number of halogens is 1. The van der Waals surface area contributed by atoms with Crippen LogP contribution in [0.5, 0.6) is 5.75 Å². The van der Waals surface area contributed by atoms with Gasteiger partial charge in [-0.25, -0.2) is 4.39 Å². The highest BCUT2D eigenvalue weighted by molar-refractivity contribution is 5.98. The van der Waals surface area contributed by atoms with Gasteiger partial charge in [0.25, 0.3) is 5.91 Å². The monoisotopic (exact) mass is 628 g/mol. The second-order valence-electron chi connectivity index (χ2n) is 13.0. The fraction of sp³-hybridized carbons (Fsp3) is 0.432. The number of hydrogen-bond donors (Lipinski definition) is 4. The SMILES string of the molecule is CCOc1ccc(CC(NC(=O)c2ccccc2)C(=O)NC(Cc2ccc(F)cc2)C(=O)NCC23CCC(CN)(CC2)CC3)cc1. The molecule has 0 radical (unpaired) electrons. The summed E-state index contributed by atoms with van der Waals surface area (Å²) in [6, 6.07) is 20.1. The van der Waals surface area contributed by atoms with E-state index in [0.29, 0.717) is 36.6 Å². The van der Waals surface area contributed by atoms with Crippen molar-refractivity contribution in [3.63, 3.8) is 0 Å². The van der Waals surface area contributed by atoms with Gasteiger partial charge in [-0.1, -0.05) is 42.5 Å². The molecule has 0 heterocycles. The third-order valence-electron chi connectivity index (χ3n) is 9.95. The van der Waals surface area contributed by atoms with Crippen LogP contribution in [0.4, 0.5) is 4.39 Å². The molecule has 3 aromatic rings. The summed E-state index contributed by atoms with van der Waals surface area (Å²) in [4.78, 5) is 40.9. The third kappa shape index (κ3) is 8.31. The number of carbonyl (C=O) groups excluding carboxylic acids is 3. The van der Waals surface area contributed by atoms with Gasteiger partial charge in [0, 0.05) is 24.9 Å². The molecule has 3 aromatic carbocycles. The van der Waals surface area contributed by atoms with Crippen LogP contribution < -0.4 is 26.4 Å². The van der Waals surface area contributed by atoms with Gasteiger partial charge in [-0.3, -0.25) is 14.4 Å². The maximum absolute atomic E-state index is 13.9. The lowest BCUT2D eigenvalue weighted by Gasteiger charge is -2.53. The Hall–Kier alpha value is -4.24. The lowest BCUT2D eigenvalue weighted by Crippen LogP contribution is -2.56. The summed E-state index contributed by atoms with van der Waals surface area (Å²) >= 11 is 0. The predicted molar refractivity (Wildman–Crippen MR) is 176 cm³/mol. The smallest absolute Gasteiger partial charge is 0.251 e. The van der Waals surface area contributed by atoms with E-state index in [9.17, 15) is 18.8 Å². The van der Waals surface area contributed by atoms with Gasteiger partial charge in [-0.2, -0.15) is 0 Å². The summed E-state index contributed by atoms with van der Waals surface area (Å²) in [7, 11) is 0. The Morgan fingerprint density at radius 2 is 1.30 bits per heavy atom. The van der Waals surface area contributed by atoms with E-state index >= 15 is 0 Å². The Morgan fingerprint density at radius 3 is 1.87 bits per heavy atom. The summed E-state index contributed by atoms with van der Waals surface area (Å²) in [5, 5.41) is 8.96. The maximum Gasteiger partial charge on any atom is 0.251 e. The van der Waals surface area contributed by atoms with Crippen molar-refractivity contribution in [2.75, 3.05) is 19.7 Å². The largest absolute Gasteiger partial charge is 0.494 e. The van der Waals surface area contributed by atoms with Crippen molar-refractivity contribution in [3.8, 4) is 5.75 Å². The van der Waals surface area contributed by atoms with Gasteiger partial charge in [-0.05, 0) is 110 Å². The molecule has 9 heteroatoms. The van der Waals surface area contributed by atoms with Gasteiger partial charge in [0.05, 0.1) is 6.61 Å². The molecule has 0 spiro atoms. The molecular formula is C37H45FN4O4. The Kier molecular flexibility index (Phi) is 10.7. The lowest BCUT2D eigenvalue weighted by atomic mass is 9.54. The molecule has 8 nitrogen and oxygen atoms in total. The van der Waals surface area contributed by atoms with Crippen molar-refractivity contribution >= 4 is 17.7 Å². The van der Waals surface area contributed by atoms with Crippen LogP contribution in [0.3, 0.4) is 0 Å². The van der Waals surface area contributed by atoms with Crippen molar-refractivity contribution in [1.29, 1.82) is 0 Å². The highest BCUT2D eigenvalue weighted by Gasteiger charge is 2.48. The topological polar surface area (TPSA) is 123 Å². The third-order valence-corrected chi connectivity index (χ3v) is 9.95. The number of amides is 3. The molecule has 2 atom stereocenters. The van der Waals surface area contributed by atoms with Crippen molar-refractivity contribution in [2.24, 2.45) is 16.6 Å². The molecule has 0 saturated heterocycles. The molecule has 3 fully saturated rings. The van der Waals surface area contributed by atoms with Crippen LogP contribution in [-0.2, 0) is 22.4 Å². The molecule has 244 valence electrons. The van der Waals surface area contributed by atoms with Gasteiger partial charge in [0.15, 0.2) is 0 Å². The van der Waals surface area contributed by atoms with Crippen LogP contribution in [0.25, 0.3) is 0 Å². The summed E-state index contributed by atoms with van der Waals surface area (Å²) in [5.41, 5.74) is 8.33. The van der Waals surface area contributed by atoms with E-state index in [1.165, 1.54) is 12.1 Å². The number of carbonyl (C=O) groups is 3. The van der Waals surface area contributed by atoms with Gasteiger partial charge >= 0.3 is 0 Å². The van der Waals surface area contributed by atoms with E-state index in [-0.39, 0.29) is 35.4 Å². The fourth-order valence-corrected chi connectivity index (χ4v) is 6.81. The first-order chi connectivity index (χ1) is 22.2. The highest BCUT2D eigenvalue weighted by atomic mass is 19.1. The van der Waals surface area contributed by atoms with Crippen LogP contribution in [0.2, 0.25) is 0 Å². The van der Waals surface area contributed by atoms with E-state index in [2.05, 4.69) is 16.0 Å². The zero-order chi connectivity index (χ0) is 32.6. The van der Waals surface area contributed by atoms with Crippen LogP contribution >= 0.6 is 0 Å². The number of fused-ring (bicyclic) bond motifs is 3. The van der Waals surface area contributed by atoms with Crippen LogP contribution in [0.1, 0.15) is 66.9 Å². The molecule has 3 amide bonds. The van der Waals surface area contributed by atoms with Gasteiger partial charge < -0.3 is 26.4 Å². The molecular weight excluding hydrogens is 583 g/mol. The first kappa shape index (κ1) is 33.1. The molecule has 2 bridgehead atoms. The second kappa shape index (κ2) is 14.9. The number of hydrogen-bond acceptors (Lipinski definition) is 5. The molecule has 5 N–H and O–H groups in total. The first-order valence-corrected chi connectivity index (χ1v) is 16.3. The average Bonchev–Trinajstić information content (AvgIpc) is 3.09. The van der Waals surface area contributed by atoms with E-state index in [1.54, 1.807) is 36.4 Å². The van der Waals surface area contributed by atoms with E-state index in [4.69, 9.17) is 10.5 Å². The standard InChI is InChI=1S/C37H45FN4O4/c1-2-46-30-14-10-27(11-15-30)23-32(41-33(43)28-6-4-3-5-7-28)35(45)42-31(22-26-8-12-29(38)13-9-26)34(44)40-25-37-19-16-36(24-39,17-20-37)18-21-37/h3-15,31-32H,2,16-25,39H2,1H3,(H,40,44)(H,41,43)(H,42,45). The van der Waals surface area contributed by atoms with E-state index in [1.807, 2.05) is 37.3 Å². The number of ether oxygens (including phenoxy) is 1. The summed E-state index contributed by atoms with van der Waals surface area (Å²) in [5.74, 6) is -0.853. The zero-order valence-electron chi connectivity index (χ0n) is 26.5. The number of benzene rings is 3. The van der Waals surface area contributed by atoms with Crippen molar-refractivity contribution < 1.29 is 23.5 Å². The van der Waals surface area contributed by atoms with E-state index in [0.717, 1.165) is 44.1 Å². The van der Waals surface area contributed by atoms with Crippen molar-refractivity contribution in [3.05, 3.63) is 101 Å². The van der Waals surface area contributed by atoms with Gasteiger partial charge in [-0.15, -0.1) is 0 Å². The molecule has 6 rings (SSSR count). The van der Waals surface area contributed by atoms with Gasteiger partial charge in [0.1, 0.15) is 23.7 Å². The minimum absolute atomic E-state index is 0.0386. The summed E-state index contributed by atoms with van der Waals surface area (Å²) < 4.78 is 19.2. The van der Waals surface area contributed by atoms with Gasteiger partial charge in [0.2, 0.25) is 11.8 Å². The molecule has 2 unspecified atom stereocenters. The summed E-state index contributed by atoms with van der Waals surface area (Å²) in [6.07, 6.45) is 6.66. The predicted octanol–water partition coefficient (Wildman–Crippen LogP) is 4.71. The number of nitrogens with one attached hydrogen (secondary N) is 3. The molecule has 3 saturated carbocycles.